The Morgan fingerprint density at radius 2 is 1.52 bits per heavy atom. The van der Waals surface area contributed by atoms with Gasteiger partial charge in [0.05, 0.1) is 18.2 Å². The van der Waals surface area contributed by atoms with Gasteiger partial charge in [0, 0.05) is 12.6 Å². The Balaban J connectivity index is 1.57. The fourth-order valence-corrected chi connectivity index (χ4v) is 3.11. The van der Waals surface area contributed by atoms with Crippen molar-refractivity contribution in [3.63, 3.8) is 0 Å². The van der Waals surface area contributed by atoms with Crippen LogP contribution in [0.15, 0.2) is 82.0 Å². The molecule has 2 heterocycles. The number of hydrogen-bond acceptors (Lipinski definition) is 6. The van der Waals surface area contributed by atoms with E-state index < -0.39 is 0 Å². The topological polar surface area (TPSA) is 68.2 Å². The van der Waals surface area contributed by atoms with Gasteiger partial charge in [-0.2, -0.15) is 4.98 Å². The zero-order valence-electron chi connectivity index (χ0n) is 15.0. The number of rotatable bonds is 7. The zero-order valence-corrected chi connectivity index (χ0v) is 15.0. The number of aromatic nitrogens is 3. The van der Waals surface area contributed by atoms with Gasteiger partial charge in [-0.05, 0) is 18.2 Å². The third-order valence-electron chi connectivity index (χ3n) is 4.34. The summed E-state index contributed by atoms with van der Waals surface area (Å²) in [4.78, 5) is 6.72. The Morgan fingerprint density at radius 3 is 2.11 bits per heavy atom. The molecule has 0 fully saturated rings. The molecule has 4 rings (SSSR count). The molecule has 0 unspecified atom stereocenters. The largest absolute Gasteiger partial charge is 0.364 e. The Morgan fingerprint density at radius 1 is 0.852 bits per heavy atom. The summed E-state index contributed by atoms with van der Waals surface area (Å²) in [5, 5.41) is 8.20. The van der Waals surface area contributed by atoms with Gasteiger partial charge in [0.25, 0.3) is 0 Å². The van der Waals surface area contributed by atoms with Gasteiger partial charge < -0.3 is 9.05 Å². The molecule has 6 nitrogen and oxygen atoms in total. The van der Waals surface area contributed by atoms with Crippen molar-refractivity contribution in [1.82, 2.24) is 20.2 Å². The summed E-state index contributed by atoms with van der Waals surface area (Å²) < 4.78 is 10.4. The van der Waals surface area contributed by atoms with Crippen LogP contribution in [-0.2, 0) is 13.1 Å². The number of hydrogen-bond donors (Lipinski definition) is 0. The normalized spacial score (nSPS) is 11.4. The van der Waals surface area contributed by atoms with E-state index in [1.165, 1.54) is 0 Å². The maximum Gasteiger partial charge on any atom is 0.240 e. The van der Waals surface area contributed by atoms with Crippen molar-refractivity contribution < 1.29 is 9.05 Å². The second-order valence-electron chi connectivity index (χ2n) is 6.46. The second kappa shape index (κ2) is 7.97. The summed E-state index contributed by atoms with van der Waals surface area (Å²) in [5.41, 5.74) is 3.13. The van der Waals surface area contributed by atoms with Gasteiger partial charge in [0.1, 0.15) is 6.26 Å². The van der Waals surface area contributed by atoms with Crippen LogP contribution in [0.5, 0.6) is 0 Å². The molecular weight excluding hydrogens is 340 g/mol. The summed E-state index contributed by atoms with van der Waals surface area (Å²) in [5.74, 6) is 1.18. The average molecular weight is 360 g/mol. The van der Waals surface area contributed by atoms with E-state index in [0.717, 1.165) is 16.8 Å². The molecule has 2 aromatic heterocycles. The van der Waals surface area contributed by atoms with E-state index in [4.69, 9.17) is 9.05 Å². The van der Waals surface area contributed by atoms with Crippen LogP contribution < -0.4 is 0 Å². The van der Waals surface area contributed by atoms with Crippen molar-refractivity contribution in [2.24, 2.45) is 0 Å². The lowest BCUT2D eigenvalue weighted by Crippen LogP contribution is -2.17. The third-order valence-corrected chi connectivity index (χ3v) is 4.34. The minimum Gasteiger partial charge on any atom is -0.364 e. The molecule has 0 saturated carbocycles. The van der Waals surface area contributed by atoms with E-state index in [2.05, 4.69) is 44.5 Å². The smallest absolute Gasteiger partial charge is 0.240 e. The van der Waals surface area contributed by atoms with Crippen LogP contribution in [0.1, 0.15) is 34.5 Å². The van der Waals surface area contributed by atoms with Crippen LogP contribution in [0, 0.1) is 0 Å². The van der Waals surface area contributed by atoms with Crippen LogP contribution in [0.3, 0.4) is 0 Å². The van der Waals surface area contributed by atoms with E-state index in [9.17, 15) is 0 Å². The fraction of sp³-hybridized carbons (Fsp3) is 0.190. The van der Waals surface area contributed by atoms with Gasteiger partial charge in [-0.1, -0.05) is 71.0 Å². The van der Waals surface area contributed by atoms with Crippen molar-refractivity contribution in [3.8, 4) is 0 Å². The van der Waals surface area contributed by atoms with Gasteiger partial charge in [0.2, 0.25) is 5.89 Å². The van der Waals surface area contributed by atoms with Crippen molar-refractivity contribution >= 4 is 0 Å². The van der Waals surface area contributed by atoms with Crippen LogP contribution in [0.25, 0.3) is 0 Å². The Kier molecular flexibility index (Phi) is 5.07. The minimum atomic E-state index is -0.0641. The predicted molar refractivity (Wildman–Crippen MR) is 99.8 cm³/mol. The van der Waals surface area contributed by atoms with Crippen molar-refractivity contribution in [2.45, 2.75) is 19.0 Å². The molecule has 4 aromatic rings. The van der Waals surface area contributed by atoms with E-state index in [1.54, 1.807) is 6.26 Å². The van der Waals surface area contributed by atoms with Gasteiger partial charge in [-0.3, -0.25) is 4.90 Å². The predicted octanol–water partition coefficient (Wildman–Crippen LogP) is 3.87. The van der Waals surface area contributed by atoms with Crippen LogP contribution >= 0.6 is 0 Å². The molecule has 27 heavy (non-hydrogen) atoms. The van der Waals surface area contributed by atoms with E-state index in [-0.39, 0.29) is 5.92 Å². The summed E-state index contributed by atoms with van der Waals surface area (Å²) in [6, 6.07) is 22.3. The standard InChI is InChI=1S/C21H20N4O2/c1-25(14-18-12-13-26-23-18)15-19-22-21(24-27-19)20(16-8-4-2-5-9-16)17-10-6-3-7-11-17/h2-13,20H,14-15H2,1H3. The lowest BCUT2D eigenvalue weighted by Gasteiger charge is -2.14. The van der Waals surface area contributed by atoms with Crippen LogP contribution in [0.4, 0.5) is 0 Å². The molecule has 0 amide bonds. The Hall–Kier alpha value is -3.25. The molecule has 0 aliphatic carbocycles. The molecule has 0 bridgehead atoms. The van der Waals surface area contributed by atoms with Crippen LogP contribution in [-0.4, -0.2) is 27.2 Å². The summed E-state index contributed by atoms with van der Waals surface area (Å²) in [6.45, 7) is 1.19. The van der Waals surface area contributed by atoms with E-state index in [1.807, 2.05) is 49.5 Å². The molecule has 6 heteroatoms. The quantitative estimate of drug-likeness (QED) is 0.498. The molecule has 0 radical (unpaired) electrons. The second-order valence-corrected chi connectivity index (χ2v) is 6.46. The van der Waals surface area contributed by atoms with E-state index >= 15 is 0 Å². The average Bonchev–Trinajstić information content (AvgIpc) is 3.36. The highest BCUT2D eigenvalue weighted by Crippen LogP contribution is 2.29. The molecule has 0 aliphatic rings. The first-order valence-electron chi connectivity index (χ1n) is 8.80. The summed E-state index contributed by atoms with van der Waals surface area (Å²) >= 11 is 0. The first-order valence-corrected chi connectivity index (χ1v) is 8.80. The monoisotopic (exact) mass is 360 g/mol. The van der Waals surface area contributed by atoms with Gasteiger partial charge in [-0.15, -0.1) is 0 Å². The highest BCUT2D eigenvalue weighted by atomic mass is 16.5. The third kappa shape index (κ3) is 4.12. The Bertz CT molecular complexity index is 913. The maximum atomic E-state index is 5.53. The molecular formula is C21H20N4O2. The number of nitrogens with zero attached hydrogens (tertiary/aromatic N) is 4. The summed E-state index contributed by atoms with van der Waals surface area (Å²) in [7, 11) is 1.98. The molecule has 0 aliphatic heterocycles. The Labute approximate surface area is 157 Å². The lowest BCUT2D eigenvalue weighted by molar-refractivity contribution is 0.253. The first kappa shape index (κ1) is 17.2. The van der Waals surface area contributed by atoms with Crippen molar-refractivity contribution in [1.29, 1.82) is 0 Å². The van der Waals surface area contributed by atoms with Gasteiger partial charge in [-0.25, -0.2) is 0 Å². The molecule has 0 N–H and O–H groups in total. The first-order chi connectivity index (χ1) is 13.3. The van der Waals surface area contributed by atoms with Crippen molar-refractivity contribution in [2.75, 3.05) is 7.05 Å². The van der Waals surface area contributed by atoms with Gasteiger partial charge >= 0.3 is 0 Å². The highest BCUT2D eigenvalue weighted by Gasteiger charge is 2.22. The maximum absolute atomic E-state index is 5.53. The number of benzene rings is 2. The summed E-state index contributed by atoms with van der Waals surface area (Å²) in [6.07, 6.45) is 1.57. The zero-order chi connectivity index (χ0) is 18.5. The van der Waals surface area contributed by atoms with Crippen molar-refractivity contribution in [3.05, 3.63) is 102 Å². The fourth-order valence-electron chi connectivity index (χ4n) is 3.11. The van der Waals surface area contributed by atoms with Crippen LogP contribution in [0.2, 0.25) is 0 Å². The molecule has 136 valence electrons. The van der Waals surface area contributed by atoms with E-state index in [0.29, 0.717) is 24.8 Å². The molecule has 0 atom stereocenters. The minimum absolute atomic E-state index is 0.0641. The highest BCUT2D eigenvalue weighted by molar-refractivity contribution is 5.37. The SMILES string of the molecule is CN(Cc1ccon1)Cc1nc(C(c2ccccc2)c2ccccc2)no1. The molecule has 0 saturated heterocycles. The lowest BCUT2D eigenvalue weighted by atomic mass is 9.91. The molecule has 0 spiro atoms. The van der Waals surface area contributed by atoms with Gasteiger partial charge in [0.15, 0.2) is 5.82 Å². The molecule has 2 aromatic carbocycles.